The average molecular weight is 520 g/mol. The number of alkyl halides is 2. The fourth-order valence-corrected chi connectivity index (χ4v) is 4.70. The fourth-order valence-electron chi connectivity index (χ4n) is 3.95. The molecule has 35 heavy (non-hydrogen) atoms. The van der Waals surface area contributed by atoms with Crippen LogP contribution in [-0.4, -0.2) is 67.0 Å². The summed E-state index contributed by atoms with van der Waals surface area (Å²) in [5.74, 6) is -7.72. The second-order valence-electron chi connectivity index (χ2n) is 7.82. The standard InChI is InChI=1S/C20H17F5N4O5S/c1-35(32,33)28-13-7-29(14(8-30)20(13,24)25)19(31)26-18-17-12(34-27-18)6-5-11(23)16(17)15-9(21)3-2-4-10(15)22/h2-6,13-14,28,30H,7-8H2,1H3,(H,26,27,31)/t13-,14-/m1/s1. The molecule has 2 amide bonds. The third-order valence-corrected chi connectivity index (χ3v) is 6.19. The largest absolute Gasteiger partial charge is 0.394 e. The first-order valence-corrected chi connectivity index (χ1v) is 11.8. The van der Waals surface area contributed by atoms with Gasteiger partial charge >= 0.3 is 6.03 Å². The van der Waals surface area contributed by atoms with Crippen LogP contribution in [-0.2, 0) is 10.0 Å². The van der Waals surface area contributed by atoms with Gasteiger partial charge in [0.15, 0.2) is 11.4 Å². The van der Waals surface area contributed by atoms with Crippen LogP contribution in [0.3, 0.4) is 0 Å². The Morgan fingerprint density at radius 3 is 2.40 bits per heavy atom. The van der Waals surface area contributed by atoms with Crippen molar-refractivity contribution in [1.82, 2.24) is 14.8 Å². The normalized spacial score (nSPS) is 19.9. The van der Waals surface area contributed by atoms with Crippen molar-refractivity contribution in [3.05, 3.63) is 47.8 Å². The van der Waals surface area contributed by atoms with Gasteiger partial charge in [-0.3, -0.25) is 5.32 Å². The summed E-state index contributed by atoms with van der Waals surface area (Å²) in [6.07, 6.45) is 0.652. The molecule has 2 heterocycles. The van der Waals surface area contributed by atoms with Crippen molar-refractivity contribution in [2.75, 3.05) is 24.7 Å². The number of fused-ring (bicyclic) bond motifs is 1. The Balaban J connectivity index is 1.74. The highest BCUT2D eigenvalue weighted by Gasteiger charge is 2.58. The topological polar surface area (TPSA) is 125 Å². The Labute approximate surface area is 194 Å². The number of carbonyl (C=O) groups excluding carboxylic acids is 1. The number of aliphatic hydroxyl groups excluding tert-OH is 1. The van der Waals surface area contributed by atoms with Crippen molar-refractivity contribution >= 4 is 32.8 Å². The van der Waals surface area contributed by atoms with Gasteiger partial charge in [0.2, 0.25) is 10.0 Å². The van der Waals surface area contributed by atoms with E-state index in [0.717, 1.165) is 30.3 Å². The van der Waals surface area contributed by atoms with Crippen LogP contribution >= 0.6 is 0 Å². The van der Waals surface area contributed by atoms with E-state index in [-0.39, 0.29) is 11.0 Å². The molecule has 15 heteroatoms. The quantitative estimate of drug-likeness (QED) is 0.445. The number of rotatable bonds is 5. The van der Waals surface area contributed by atoms with E-state index in [0.29, 0.717) is 11.2 Å². The van der Waals surface area contributed by atoms with E-state index in [4.69, 9.17) is 4.52 Å². The van der Waals surface area contributed by atoms with Gasteiger partial charge in [-0.1, -0.05) is 11.2 Å². The maximum absolute atomic E-state index is 14.8. The second-order valence-corrected chi connectivity index (χ2v) is 9.60. The molecule has 1 fully saturated rings. The van der Waals surface area contributed by atoms with Gasteiger partial charge in [0.05, 0.1) is 23.8 Å². The molecule has 0 aliphatic carbocycles. The molecule has 0 radical (unpaired) electrons. The van der Waals surface area contributed by atoms with Gasteiger partial charge in [-0.15, -0.1) is 0 Å². The number of hydrogen-bond acceptors (Lipinski definition) is 6. The Morgan fingerprint density at radius 1 is 1.17 bits per heavy atom. The summed E-state index contributed by atoms with van der Waals surface area (Å²) < 4.78 is 103. The second kappa shape index (κ2) is 8.73. The highest BCUT2D eigenvalue weighted by molar-refractivity contribution is 7.88. The number of benzene rings is 2. The molecule has 2 atom stereocenters. The average Bonchev–Trinajstić information content (AvgIpc) is 3.26. The zero-order valence-electron chi connectivity index (χ0n) is 17.7. The summed E-state index contributed by atoms with van der Waals surface area (Å²) in [7, 11) is -4.10. The first-order valence-electron chi connectivity index (χ1n) is 9.91. The van der Waals surface area contributed by atoms with Crippen LogP contribution in [0, 0.1) is 17.5 Å². The number of nitrogens with one attached hydrogen (secondary N) is 2. The van der Waals surface area contributed by atoms with E-state index < -0.39 is 81.6 Å². The monoisotopic (exact) mass is 520 g/mol. The molecule has 0 saturated carbocycles. The van der Waals surface area contributed by atoms with E-state index in [1.807, 2.05) is 0 Å². The summed E-state index contributed by atoms with van der Waals surface area (Å²) >= 11 is 0. The number of urea groups is 1. The molecule has 0 unspecified atom stereocenters. The first kappa shape index (κ1) is 24.8. The number of amides is 2. The summed E-state index contributed by atoms with van der Waals surface area (Å²) in [5, 5.41) is 14.8. The van der Waals surface area contributed by atoms with Gasteiger partial charge in [0, 0.05) is 12.1 Å². The number of sulfonamides is 1. The van der Waals surface area contributed by atoms with E-state index in [2.05, 4.69) is 10.5 Å². The lowest BCUT2D eigenvalue weighted by Crippen LogP contribution is -2.51. The van der Waals surface area contributed by atoms with Gasteiger partial charge in [-0.25, -0.2) is 39.9 Å². The predicted molar refractivity (Wildman–Crippen MR) is 113 cm³/mol. The molecule has 2 aromatic carbocycles. The molecule has 3 N–H and O–H groups in total. The maximum atomic E-state index is 14.8. The van der Waals surface area contributed by atoms with Gasteiger partial charge in [0.25, 0.3) is 5.92 Å². The minimum absolute atomic E-state index is 0.179. The summed E-state index contributed by atoms with van der Waals surface area (Å²) in [6, 6.07) is -0.666. The molecule has 1 aliphatic heterocycles. The van der Waals surface area contributed by atoms with E-state index in [1.54, 1.807) is 4.72 Å². The van der Waals surface area contributed by atoms with Crippen LogP contribution in [0.4, 0.5) is 32.6 Å². The van der Waals surface area contributed by atoms with Crippen LogP contribution in [0.15, 0.2) is 34.9 Å². The SMILES string of the molecule is CS(=O)(=O)N[C@@H]1CN(C(=O)Nc2noc3ccc(F)c(-c4c(F)cccc4F)c23)[C@H](CO)C1(F)F. The lowest BCUT2D eigenvalue weighted by Gasteiger charge is -2.26. The predicted octanol–water partition coefficient (Wildman–Crippen LogP) is 2.67. The maximum Gasteiger partial charge on any atom is 0.323 e. The molecule has 1 saturated heterocycles. The van der Waals surface area contributed by atoms with Gasteiger partial charge in [-0.2, -0.15) is 0 Å². The Bertz CT molecular complexity index is 1390. The number of halogens is 5. The van der Waals surface area contributed by atoms with Gasteiger partial charge < -0.3 is 14.5 Å². The van der Waals surface area contributed by atoms with E-state index in [9.17, 15) is 40.3 Å². The number of anilines is 1. The number of aliphatic hydroxyl groups is 1. The number of carbonyl (C=O) groups is 1. The Hall–Kier alpha value is -3.30. The molecule has 3 aromatic rings. The van der Waals surface area contributed by atoms with Crippen molar-refractivity contribution < 1.29 is 44.8 Å². The fraction of sp³-hybridized carbons (Fsp3) is 0.300. The minimum Gasteiger partial charge on any atom is -0.394 e. The van der Waals surface area contributed by atoms with E-state index >= 15 is 0 Å². The molecule has 9 nitrogen and oxygen atoms in total. The highest BCUT2D eigenvalue weighted by atomic mass is 32.2. The molecule has 188 valence electrons. The van der Waals surface area contributed by atoms with Gasteiger partial charge in [-0.05, 0) is 24.3 Å². The van der Waals surface area contributed by atoms with Crippen molar-refractivity contribution in [1.29, 1.82) is 0 Å². The zero-order valence-corrected chi connectivity index (χ0v) is 18.5. The van der Waals surface area contributed by atoms with Crippen LogP contribution in [0.5, 0.6) is 0 Å². The molecular formula is C20H17F5N4O5S. The summed E-state index contributed by atoms with van der Waals surface area (Å²) in [5.41, 5.74) is -1.58. The van der Waals surface area contributed by atoms with Crippen LogP contribution in [0.25, 0.3) is 22.1 Å². The minimum atomic E-state index is -4.10. The number of aromatic nitrogens is 1. The van der Waals surface area contributed by atoms with Crippen molar-refractivity contribution in [3.8, 4) is 11.1 Å². The lowest BCUT2D eigenvalue weighted by atomic mass is 9.99. The van der Waals surface area contributed by atoms with Crippen molar-refractivity contribution in [2.24, 2.45) is 0 Å². The molecule has 1 aliphatic rings. The highest BCUT2D eigenvalue weighted by Crippen LogP contribution is 2.39. The summed E-state index contributed by atoms with van der Waals surface area (Å²) in [4.78, 5) is 13.3. The van der Waals surface area contributed by atoms with Crippen molar-refractivity contribution in [3.63, 3.8) is 0 Å². The zero-order chi connectivity index (χ0) is 25.7. The number of nitrogens with zero attached hydrogens (tertiary/aromatic N) is 2. The number of likely N-dealkylation sites (tertiary alicyclic amines) is 1. The van der Waals surface area contributed by atoms with Crippen LogP contribution < -0.4 is 10.0 Å². The summed E-state index contributed by atoms with van der Waals surface area (Å²) in [6.45, 7) is -2.06. The molecule has 4 rings (SSSR count). The molecular weight excluding hydrogens is 503 g/mol. The third-order valence-electron chi connectivity index (χ3n) is 5.48. The van der Waals surface area contributed by atoms with Crippen molar-refractivity contribution in [2.45, 2.75) is 18.0 Å². The smallest absolute Gasteiger partial charge is 0.323 e. The van der Waals surface area contributed by atoms with Gasteiger partial charge in [0.1, 0.15) is 29.5 Å². The number of hydrogen-bond donors (Lipinski definition) is 3. The van der Waals surface area contributed by atoms with E-state index in [1.165, 1.54) is 0 Å². The Morgan fingerprint density at radius 2 is 1.80 bits per heavy atom. The van der Waals surface area contributed by atoms with Crippen LogP contribution in [0.1, 0.15) is 0 Å². The lowest BCUT2D eigenvalue weighted by molar-refractivity contribution is -0.0557. The first-order chi connectivity index (χ1) is 16.3. The Kier molecular flexibility index (Phi) is 6.19. The molecule has 0 spiro atoms. The molecule has 1 aromatic heterocycles. The van der Waals surface area contributed by atoms with Crippen LogP contribution in [0.2, 0.25) is 0 Å². The molecule has 0 bridgehead atoms. The third kappa shape index (κ3) is 4.41.